The van der Waals surface area contributed by atoms with E-state index >= 15 is 0 Å². The van der Waals surface area contributed by atoms with E-state index in [0.717, 1.165) is 29.8 Å². The van der Waals surface area contributed by atoms with Crippen molar-refractivity contribution in [3.8, 4) is 11.5 Å². The van der Waals surface area contributed by atoms with E-state index < -0.39 is 5.41 Å². The van der Waals surface area contributed by atoms with E-state index in [9.17, 15) is 4.79 Å². The molecule has 0 atom stereocenters. The number of rotatable bonds is 8. The first-order chi connectivity index (χ1) is 12.0. The van der Waals surface area contributed by atoms with Crippen LogP contribution < -0.4 is 14.8 Å². The number of para-hydroxylation sites is 1. The number of methoxy groups -OCH3 is 1. The fourth-order valence-corrected chi connectivity index (χ4v) is 2.54. The lowest BCUT2D eigenvalue weighted by molar-refractivity contribution is -0.120. The van der Waals surface area contributed by atoms with Crippen molar-refractivity contribution in [1.29, 1.82) is 0 Å². The molecule has 0 saturated heterocycles. The number of nitrogens with one attached hydrogen (secondary N) is 1. The zero-order chi connectivity index (χ0) is 18.3. The van der Waals surface area contributed by atoms with Crippen LogP contribution in [0.4, 0.5) is 5.69 Å². The quantitative estimate of drug-likeness (QED) is 0.702. The molecular weight excluding hydrogens is 314 g/mol. The number of benzene rings is 2. The monoisotopic (exact) mass is 341 g/mol. The first-order valence-corrected chi connectivity index (χ1v) is 8.67. The fourth-order valence-electron chi connectivity index (χ4n) is 2.54. The normalized spacial score (nSPS) is 11.0. The summed E-state index contributed by atoms with van der Waals surface area (Å²) in [6, 6.07) is 15.1. The van der Waals surface area contributed by atoms with E-state index in [4.69, 9.17) is 9.47 Å². The molecule has 0 aromatic heterocycles. The van der Waals surface area contributed by atoms with Crippen molar-refractivity contribution in [2.24, 2.45) is 0 Å². The molecule has 0 aliphatic carbocycles. The average Bonchev–Trinajstić information content (AvgIpc) is 2.63. The second-order valence-corrected chi connectivity index (χ2v) is 6.51. The van der Waals surface area contributed by atoms with Gasteiger partial charge in [0.15, 0.2) is 0 Å². The van der Waals surface area contributed by atoms with Crippen molar-refractivity contribution in [3.63, 3.8) is 0 Å². The first kappa shape index (κ1) is 18.8. The third-order valence-corrected chi connectivity index (χ3v) is 4.23. The average molecular weight is 341 g/mol. The summed E-state index contributed by atoms with van der Waals surface area (Å²) < 4.78 is 11.0. The number of anilines is 1. The van der Waals surface area contributed by atoms with E-state index in [-0.39, 0.29) is 5.91 Å². The molecule has 2 aromatic carbocycles. The standard InChI is InChI=1S/C21H27NO3/c1-5-6-15-25-17-13-11-16(12-14-17)22-20(23)21(2,3)18-9-7-8-10-19(18)24-4/h7-14H,5-6,15H2,1-4H3,(H,22,23). The summed E-state index contributed by atoms with van der Waals surface area (Å²) >= 11 is 0. The highest BCUT2D eigenvalue weighted by Gasteiger charge is 2.32. The Labute approximate surface area is 150 Å². The van der Waals surface area contributed by atoms with Gasteiger partial charge in [0, 0.05) is 11.3 Å². The summed E-state index contributed by atoms with van der Waals surface area (Å²) in [5.41, 5.74) is 0.883. The van der Waals surface area contributed by atoms with Crippen LogP contribution in [0.25, 0.3) is 0 Å². The van der Waals surface area contributed by atoms with Crippen molar-refractivity contribution in [2.45, 2.75) is 39.0 Å². The summed E-state index contributed by atoms with van der Waals surface area (Å²) in [6.45, 7) is 6.62. The highest BCUT2D eigenvalue weighted by Crippen LogP contribution is 2.32. The van der Waals surface area contributed by atoms with E-state index in [1.807, 2.05) is 62.4 Å². The van der Waals surface area contributed by atoms with Crippen LogP contribution in [-0.4, -0.2) is 19.6 Å². The third-order valence-electron chi connectivity index (χ3n) is 4.23. The van der Waals surface area contributed by atoms with Gasteiger partial charge >= 0.3 is 0 Å². The van der Waals surface area contributed by atoms with Gasteiger partial charge in [-0.15, -0.1) is 0 Å². The summed E-state index contributed by atoms with van der Waals surface area (Å²) in [6.07, 6.45) is 2.14. The Morgan fingerprint density at radius 2 is 1.76 bits per heavy atom. The predicted octanol–water partition coefficient (Wildman–Crippen LogP) is 4.79. The Morgan fingerprint density at radius 1 is 1.08 bits per heavy atom. The topological polar surface area (TPSA) is 47.6 Å². The second kappa shape index (κ2) is 8.56. The number of carbonyl (C=O) groups excluding carboxylic acids is 1. The smallest absolute Gasteiger partial charge is 0.234 e. The minimum Gasteiger partial charge on any atom is -0.496 e. The molecule has 2 aromatic rings. The van der Waals surface area contributed by atoms with Crippen molar-refractivity contribution >= 4 is 11.6 Å². The number of hydrogen-bond acceptors (Lipinski definition) is 3. The molecule has 0 aliphatic heterocycles. The molecule has 0 heterocycles. The highest BCUT2D eigenvalue weighted by atomic mass is 16.5. The molecule has 25 heavy (non-hydrogen) atoms. The fraction of sp³-hybridized carbons (Fsp3) is 0.381. The largest absolute Gasteiger partial charge is 0.496 e. The van der Waals surface area contributed by atoms with Crippen molar-refractivity contribution in [2.75, 3.05) is 19.0 Å². The van der Waals surface area contributed by atoms with Crippen LogP contribution in [0.5, 0.6) is 11.5 Å². The van der Waals surface area contributed by atoms with Gasteiger partial charge in [0.25, 0.3) is 0 Å². The lowest BCUT2D eigenvalue weighted by Crippen LogP contribution is -2.35. The van der Waals surface area contributed by atoms with Gasteiger partial charge in [-0.25, -0.2) is 0 Å². The van der Waals surface area contributed by atoms with E-state index in [0.29, 0.717) is 12.4 Å². The molecule has 4 nitrogen and oxygen atoms in total. The number of ether oxygens (including phenoxy) is 2. The molecule has 0 fully saturated rings. The zero-order valence-electron chi connectivity index (χ0n) is 15.5. The van der Waals surface area contributed by atoms with Gasteiger partial charge in [-0.1, -0.05) is 31.5 Å². The lowest BCUT2D eigenvalue weighted by atomic mass is 9.83. The van der Waals surface area contributed by atoms with Gasteiger partial charge in [-0.05, 0) is 50.6 Å². The Hall–Kier alpha value is -2.49. The molecule has 0 bridgehead atoms. The molecule has 0 radical (unpaired) electrons. The summed E-state index contributed by atoms with van der Waals surface area (Å²) in [7, 11) is 1.62. The lowest BCUT2D eigenvalue weighted by Gasteiger charge is -2.26. The number of amides is 1. The molecule has 0 saturated carbocycles. The molecule has 0 spiro atoms. The van der Waals surface area contributed by atoms with Crippen LogP contribution in [0.3, 0.4) is 0 Å². The number of carbonyl (C=O) groups is 1. The number of unbranched alkanes of at least 4 members (excludes halogenated alkanes) is 1. The maximum Gasteiger partial charge on any atom is 0.234 e. The minimum atomic E-state index is -0.719. The molecule has 4 heteroatoms. The van der Waals surface area contributed by atoms with E-state index in [2.05, 4.69) is 12.2 Å². The number of hydrogen-bond donors (Lipinski definition) is 1. The van der Waals surface area contributed by atoms with Crippen LogP contribution in [-0.2, 0) is 10.2 Å². The molecule has 134 valence electrons. The maximum atomic E-state index is 12.8. The van der Waals surface area contributed by atoms with Crippen LogP contribution in [0.1, 0.15) is 39.2 Å². The van der Waals surface area contributed by atoms with Gasteiger partial charge in [0.05, 0.1) is 19.1 Å². The van der Waals surface area contributed by atoms with Gasteiger partial charge in [-0.3, -0.25) is 4.79 Å². The van der Waals surface area contributed by atoms with E-state index in [1.54, 1.807) is 7.11 Å². The van der Waals surface area contributed by atoms with Crippen molar-refractivity contribution < 1.29 is 14.3 Å². The van der Waals surface area contributed by atoms with Crippen molar-refractivity contribution in [1.82, 2.24) is 0 Å². The van der Waals surface area contributed by atoms with Crippen LogP contribution in [0.2, 0.25) is 0 Å². The molecule has 1 amide bonds. The van der Waals surface area contributed by atoms with Crippen LogP contribution >= 0.6 is 0 Å². The predicted molar refractivity (Wildman–Crippen MR) is 101 cm³/mol. The third kappa shape index (κ3) is 4.75. The van der Waals surface area contributed by atoms with Crippen LogP contribution in [0.15, 0.2) is 48.5 Å². The highest BCUT2D eigenvalue weighted by molar-refractivity contribution is 5.99. The molecule has 0 aliphatic rings. The van der Waals surface area contributed by atoms with E-state index in [1.165, 1.54) is 0 Å². The Kier molecular flexibility index (Phi) is 6.45. The van der Waals surface area contributed by atoms with Crippen LogP contribution in [0, 0.1) is 0 Å². The first-order valence-electron chi connectivity index (χ1n) is 8.67. The maximum absolute atomic E-state index is 12.8. The zero-order valence-corrected chi connectivity index (χ0v) is 15.5. The van der Waals surface area contributed by atoms with Gasteiger partial charge in [0.2, 0.25) is 5.91 Å². The van der Waals surface area contributed by atoms with Crippen molar-refractivity contribution in [3.05, 3.63) is 54.1 Å². The minimum absolute atomic E-state index is 0.0864. The Bertz CT molecular complexity index is 693. The van der Waals surface area contributed by atoms with Gasteiger partial charge in [0.1, 0.15) is 11.5 Å². The SMILES string of the molecule is CCCCOc1ccc(NC(=O)C(C)(C)c2ccccc2OC)cc1. The molecular formula is C21H27NO3. The molecule has 1 N–H and O–H groups in total. The summed E-state index contributed by atoms with van der Waals surface area (Å²) in [5, 5.41) is 2.98. The Balaban J connectivity index is 2.07. The Morgan fingerprint density at radius 3 is 2.40 bits per heavy atom. The summed E-state index contributed by atoms with van der Waals surface area (Å²) in [4.78, 5) is 12.8. The molecule has 2 rings (SSSR count). The van der Waals surface area contributed by atoms with Gasteiger partial charge in [-0.2, -0.15) is 0 Å². The summed E-state index contributed by atoms with van der Waals surface area (Å²) in [5.74, 6) is 1.44. The van der Waals surface area contributed by atoms with Gasteiger partial charge < -0.3 is 14.8 Å². The second-order valence-electron chi connectivity index (χ2n) is 6.51. The molecule has 0 unspecified atom stereocenters.